The lowest BCUT2D eigenvalue weighted by Gasteiger charge is -2.36. The van der Waals surface area contributed by atoms with Crippen molar-refractivity contribution in [3.63, 3.8) is 0 Å². The van der Waals surface area contributed by atoms with E-state index in [4.69, 9.17) is 8.94 Å². The number of aromatic nitrogens is 1. The van der Waals surface area contributed by atoms with Gasteiger partial charge in [-0.15, -0.1) is 0 Å². The minimum absolute atomic E-state index is 0.0605. The lowest BCUT2D eigenvalue weighted by molar-refractivity contribution is 0.0657. The topological polar surface area (TPSA) is 87.1 Å². The number of nitrogens with one attached hydrogen (secondary N) is 1. The van der Waals surface area contributed by atoms with Gasteiger partial charge in [-0.3, -0.25) is 9.79 Å². The highest BCUT2D eigenvalue weighted by molar-refractivity contribution is 5.91. The normalized spacial score (nSPS) is 16.5. The number of aryl methyl sites for hydroxylation is 2. The van der Waals surface area contributed by atoms with Crippen molar-refractivity contribution in [2.24, 2.45) is 4.99 Å². The van der Waals surface area contributed by atoms with Crippen LogP contribution in [0.5, 0.6) is 0 Å². The third-order valence-electron chi connectivity index (χ3n) is 4.96. The first-order chi connectivity index (χ1) is 13.0. The van der Waals surface area contributed by atoms with Crippen LogP contribution in [0.25, 0.3) is 0 Å². The Hall–Kier alpha value is -2.77. The molecule has 8 heteroatoms. The first-order valence-electron chi connectivity index (χ1n) is 9.22. The molecule has 0 aromatic carbocycles. The number of amides is 1. The smallest absolute Gasteiger partial charge is 0.289 e. The van der Waals surface area contributed by atoms with Crippen LogP contribution < -0.4 is 5.32 Å². The molecular weight excluding hydrogens is 346 g/mol. The second-order valence-electron chi connectivity index (χ2n) is 6.82. The zero-order valence-electron chi connectivity index (χ0n) is 16.4. The number of guanidine groups is 1. The van der Waals surface area contributed by atoms with Crippen LogP contribution in [0.4, 0.5) is 0 Å². The second kappa shape index (κ2) is 8.28. The van der Waals surface area contributed by atoms with Crippen LogP contribution in [0.1, 0.15) is 40.4 Å². The van der Waals surface area contributed by atoms with Crippen molar-refractivity contribution >= 4 is 11.9 Å². The summed E-state index contributed by atoms with van der Waals surface area (Å²) in [7, 11) is 1.78. The van der Waals surface area contributed by atoms with Gasteiger partial charge in [-0.1, -0.05) is 12.1 Å². The van der Waals surface area contributed by atoms with Gasteiger partial charge in [-0.25, -0.2) is 0 Å². The molecular formula is C19H27N5O3. The predicted molar refractivity (Wildman–Crippen MR) is 102 cm³/mol. The van der Waals surface area contributed by atoms with Crippen molar-refractivity contribution in [2.75, 3.05) is 39.8 Å². The molecule has 1 fully saturated rings. The number of furan rings is 1. The Balaban J connectivity index is 1.53. The van der Waals surface area contributed by atoms with Gasteiger partial charge in [0.2, 0.25) is 0 Å². The van der Waals surface area contributed by atoms with Gasteiger partial charge < -0.3 is 24.1 Å². The Bertz CT molecular complexity index is 769. The fourth-order valence-electron chi connectivity index (χ4n) is 3.55. The first kappa shape index (κ1) is 19.0. The van der Waals surface area contributed by atoms with Crippen LogP contribution in [-0.2, 0) is 0 Å². The van der Waals surface area contributed by atoms with E-state index in [1.54, 1.807) is 19.2 Å². The molecule has 3 heterocycles. The van der Waals surface area contributed by atoms with Crippen LogP contribution in [-0.4, -0.2) is 66.6 Å². The highest BCUT2D eigenvalue weighted by Crippen LogP contribution is 2.22. The average Bonchev–Trinajstić information content (AvgIpc) is 3.32. The predicted octanol–water partition coefficient (Wildman–Crippen LogP) is 2.02. The largest absolute Gasteiger partial charge is 0.459 e. The fraction of sp³-hybridized carbons (Fsp3) is 0.526. The molecule has 1 amide bonds. The summed E-state index contributed by atoms with van der Waals surface area (Å²) in [5, 5.41) is 7.47. The molecule has 3 rings (SSSR count). The SMILES string of the molecule is CN=C(NCC(C)c1c(C)noc1C)N1CCN(C(=O)c2ccco2)CC1. The molecule has 2 aromatic heterocycles. The molecule has 1 N–H and O–H groups in total. The molecule has 1 aliphatic rings. The van der Waals surface area contributed by atoms with E-state index in [9.17, 15) is 4.79 Å². The third kappa shape index (κ3) is 4.15. The summed E-state index contributed by atoms with van der Waals surface area (Å²) < 4.78 is 10.5. The summed E-state index contributed by atoms with van der Waals surface area (Å²) in [5.41, 5.74) is 2.08. The summed E-state index contributed by atoms with van der Waals surface area (Å²) in [5.74, 6) is 2.30. The van der Waals surface area contributed by atoms with Crippen LogP contribution in [0.15, 0.2) is 32.3 Å². The Morgan fingerprint density at radius 1 is 1.30 bits per heavy atom. The molecule has 1 atom stereocenters. The van der Waals surface area contributed by atoms with E-state index in [2.05, 4.69) is 27.3 Å². The van der Waals surface area contributed by atoms with Gasteiger partial charge >= 0.3 is 0 Å². The van der Waals surface area contributed by atoms with Crippen LogP contribution in [0.2, 0.25) is 0 Å². The maximum atomic E-state index is 12.4. The average molecular weight is 373 g/mol. The molecule has 1 aliphatic heterocycles. The van der Waals surface area contributed by atoms with E-state index in [0.29, 0.717) is 18.8 Å². The van der Waals surface area contributed by atoms with Crippen LogP contribution in [0.3, 0.4) is 0 Å². The molecule has 0 aliphatic carbocycles. The quantitative estimate of drug-likeness (QED) is 0.652. The number of piperazine rings is 1. The molecule has 0 spiro atoms. The lowest BCUT2D eigenvalue weighted by Crippen LogP contribution is -2.54. The van der Waals surface area contributed by atoms with E-state index in [0.717, 1.165) is 42.6 Å². The number of rotatable bonds is 4. The van der Waals surface area contributed by atoms with Crippen molar-refractivity contribution in [3.05, 3.63) is 41.2 Å². The van der Waals surface area contributed by atoms with Gasteiger partial charge in [0.05, 0.1) is 12.0 Å². The molecule has 0 saturated carbocycles. The molecule has 0 radical (unpaired) electrons. The van der Waals surface area contributed by atoms with Gasteiger partial charge in [0.25, 0.3) is 5.91 Å². The van der Waals surface area contributed by atoms with E-state index in [1.807, 2.05) is 18.7 Å². The van der Waals surface area contributed by atoms with Gasteiger partial charge in [0.1, 0.15) is 5.76 Å². The monoisotopic (exact) mass is 373 g/mol. The highest BCUT2D eigenvalue weighted by Gasteiger charge is 2.25. The van der Waals surface area contributed by atoms with Crippen molar-refractivity contribution < 1.29 is 13.7 Å². The Labute approximate surface area is 159 Å². The highest BCUT2D eigenvalue weighted by atomic mass is 16.5. The van der Waals surface area contributed by atoms with Crippen molar-refractivity contribution in [3.8, 4) is 0 Å². The van der Waals surface area contributed by atoms with E-state index < -0.39 is 0 Å². The molecule has 8 nitrogen and oxygen atoms in total. The Morgan fingerprint density at radius 2 is 2.00 bits per heavy atom. The summed E-state index contributed by atoms with van der Waals surface area (Å²) in [6, 6.07) is 3.43. The maximum Gasteiger partial charge on any atom is 0.289 e. The van der Waals surface area contributed by atoms with Gasteiger partial charge in [-0.05, 0) is 26.0 Å². The van der Waals surface area contributed by atoms with E-state index in [1.165, 1.54) is 6.26 Å². The van der Waals surface area contributed by atoms with E-state index in [-0.39, 0.29) is 11.8 Å². The third-order valence-corrected chi connectivity index (χ3v) is 4.96. The number of carbonyl (C=O) groups excluding carboxylic acids is 1. The maximum absolute atomic E-state index is 12.4. The fourth-order valence-corrected chi connectivity index (χ4v) is 3.55. The number of hydrogen-bond donors (Lipinski definition) is 1. The van der Waals surface area contributed by atoms with Gasteiger partial charge in [0.15, 0.2) is 11.7 Å². The molecule has 27 heavy (non-hydrogen) atoms. The zero-order valence-corrected chi connectivity index (χ0v) is 16.4. The molecule has 1 saturated heterocycles. The lowest BCUT2D eigenvalue weighted by atomic mass is 10.00. The summed E-state index contributed by atoms with van der Waals surface area (Å²) in [6.45, 7) is 9.52. The number of nitrogens with zero attached hydrogens (tertiary/aromatic N) is 4. The van der Waals surface area contributed by atoms with Crippen molar-refractivity contribution in [1.29, 1.82) is 0 Å². The van der Waals surface area contributed by atoms with Gasteiger partial charge in [0, 0.05) is 51.3 Å². The Kier molecular flexibility index (Phi) is 5.83. The molecule has 146 valence electrons. The van der Waals surface area contributed by atoms with Crippen LogP contribution in [0, 0.1) is 13.8 Å². The second-order valence-corrected chi connectivity index (χ2v) is 6.82. The van der Waals surface area contributed by atoms with Crippen LogP contribution >= 0.6 is 0 Å². The molecule has 2 aromatic rings. The first-order valence-corrected chi connectivity index (χ1v) is 9.22. The van der Waals surface area contributed by atoms with Crippen molar-refractivity contribution in [1.82, 2.24) is 20.3 Å². The van der Waals surface area contributed by atoms with Crippen molar-refractivity contribution in [2.45, 2.75) is 26.7 Å². The molecule has 1 unspecified atom stereocenters. The Morgan fingerprint density at radius 3 is 2.56 bits per heavy atom. The number of hydrogen-bond acceptors (Lipinski definition) is 5. The number of carbonyl (C=O) groups is 1. The van der Waals surface area contributed by atoms with Gasteiger partial charge in [-0.2, -0.15) is 0 Å². The standard InChI is InChI=1S/C19H27N5O3/c1-13(17-14(2)22-27-15(17)3)12-21-19(20-4)24-9-7-23(8-10-24)18(25)16-6-5-11-26-16/h5-6,11,13H,7-10,12H2,1-4H3,(H,20,21). The zero-order chi connectivity index (χ0) is 19.4. The summed E-state index contributed by atoms with van der Waals surface area (Å²) in [6.07, 6.45) is 1.52. The number of aliphatic imine (C=N–C) groups is 1. The molecule has 0 bridgehead atoms. The summed E-state index contributed by atoms with van der Waals surface area (Å²) in [4.78, 5) is 20.8. The summed E-state index contributed by atoms with van der Waals surface area (Å²) >= 11 is 0. The minimum Gasteiger partial charge on any atom is -0.459 e. The van der Waals surface area contributed by atoms with E-state index >= 15 is 0 Å². The minimum atomic E-state index is -0.0605.